The normalized spacial score (nSPS) is 46.6. The van der Waals surface area contributed by atoms with Gasteiger partial charge in [-0.3, -0.25) is 4.79 Å². The Morgan fingerprint density at radius 1 is 1.12 bits per heavy atom. The summed E-state index contributed by atoms with van der Waals surface area (Å²) in [6.07, 6.45) is 10.6. The van der Waals surface area contributed by atoms with Crippen molar-refractivity contribution in [2.45, 2.75) is 91.1 Å². The van der Waals surface area contributed by atoms with Crippen LogP contribution in [0.2, 0.25) is 0 Å². The van der Waals surface area contributed by atoms with E-state index in [4.69, 9.17) is 0 Å². The number of carbonyl (C=O) groups is 1. The SMILES string of the molecule is CC(C)(C)NC1CC[C@H]2[C@@H]3CC=C4NC(=O)CC[C@]4(C)[C@@H]3CC[C@]12C. The second-order valence-electron chi connectivity index (χ2n) is 10.8. The Balaban J connectivity index is 1.61. The summed E-state index contributed by atoms with van der Waals surface area (Å²) in [5, 5.41) is 7.16. The minimum absolute atomic E-state index is 0.193. The maximum atomic E-state index is 11.9. The summed E-state index contributed by atoms with van der Waals surface area (Å²) in [6, 6.07) is 0.655. The van der Waals surface area contributed by atoms with Crippen LogP contribution in [-0.2, 0) is 4.79 Å². The van der Waals surface area contributed by atoms with Crippen LogP contribution in [0.25, 0.3) is 0 Å². The fourth-order valence-electron chi connectivity index (χ4n) is 6.95. The van der Waals surface area contributed by atoms with Crippen LogP contribution in [0.15, 0.2) is 11.8 Å². The zero-order valence-corrected chi connectivity index (χ0v) is 16.7. The maximum absolute atomic E-state index is 11.9. The van der Waals surface area contributed by atoms with E-state index in [1.165, 1.54) is 37.8 Å². The molecule has 1 heterocycles. The summed E-state index contributed by atoms with van der Waals surface area (Å²) in [7, 11) is 0. The molecule has 3 nitrogen and oxygen atoms in total. The molecule has 0 aromatic carbocycles. The smallest absolute Gasteiger partial charge is 0.224 e. The molecule has 1 saturated heterocycles. The van der Waals surface area contributed by atoms with Crippen LogP contribution in [0.4, 0.5) is 0 Å². The maximum Gasteiger partial charge on any atom is 0.224 e. The topological polar surface area (TPSA) is 41.1 Å². The molecule has 0 bridgehead atoms. The van der Waals surface area contributed by atoms with Gasteiger partial charge in [-0.15, -0.1) is 0 Å². The molecule has 1 amide bonds. The molecule has 140 valence electrons. The molecule has 0 aromatic rings. The quantitative estimate of drug-likeness (QED) is 0.741. The Morgan fingerprint density at radius 3 is 2.60 bits per heavy atom. The zero-order chi connectivity index (χ0) is 18.0. The molecule has 2 N–H and O–H groups in total. The van der Waals surface area contributed by atoms with Gasteiger partial charge in [-0.05, 0) is 82.5 Å². The van der Waals surface area contributed by atoms with Gasteiger partial charge in [-0.25, -0.2) is 0 Å². The van der Waals surface area contributed by atoms with Crippen LogP contribution < -0.4 is 10.6 Å². The van der Waals surface area contributed by atoms with Crippen molar-refractivity contribution in [3.05, 3.63) is 11.8 Å². The first kappa shape index (κ1) is 17.6. The summed E-state index contributed by atoms with van der Waals surface area (Å²) in [6.45, 7) is 11.9. The van der Waals surface area contributed by atoms with E-state index in [0.29, 0.717) is 17.9 Å². The number of nitrogens with one attached hydrogen (secondary N) is 2. The second-order valence-corrected chi connectivity index (χ2v) is 10.8. The van der Waals surface area contributed by atoms with Crippen LogP contribution in [0, 0.1) is 28.6 Å². The van der Waals surface area contributed by atoms with E-state index < -0.39 is 0 Å². The molecule has 1 aliphatic heterocycles. The van der Waals surface area contributed by atoms with Gasteiger partial charge in [0.15, 0.2) is 0 Å². The number of rotatable bonds is 1. The first-order chi connectivity index (χ1) is 11.6. The van der Waals surface area contributed by atoms with Gasteiger partial charge in [0.25, 0.3) is 0 Å². The molecule has 2 saturated carbocycles. The van der Waals surface area contributed by atoms with Crippen molar-refractivity contribution in [2.24, 2.45) is 28.6 Å². The predicted molar refractivity (Wildman–Crippen MR) is 102 cm³/mol. The lowest BCUT2D eigenvalue weighted by atomic mass is 9.49. The van der Waals surface area contributed by atoms with E-state index in [9.17, 15) is 4.79 Å². The van der Waals surface area contributed by atoms with E-state index in [-0.39, 0.29) is 16.9 Å². The molecule has 4 rings (SSSR count). The first-order valence-electron chi connectivity index (χ1n) is 10.4. The molecule has 3 aliphatic carbocycles. The van der Waals surface area contributed by atoms with E-state index >= 15 is 0 Å². The average molecular weight is 345 g/mol. The molecule has 3 fully saturated rings. The number of hydrogen-bond donors (Lipinski definition) is 2. The van der Waals surface area contributed by atoms with E-state index in [1.54, 1.807) is 0 Å². The van der Waals surface area contributed by atoms with E-state index in [2.05, 4.69) is 51.3 Å². The van der Waals surface area contributed by atoms with Gasteiger partial charge in [-0.1, -0.05) is 19.9 Å². The van der Waals surface area contributed by atoms with Gasteiger partial charge in [0.05, 0.1) is 0 Å². The molecule has 0 aromatic heterocycles. The van der Waals surface area contributed by atoms with Crippen LogP contribution in [0.5, 0.6) is 0 Å². The minimum atomic E-state index is 0.193. The lowest BCUT2D eigenvalue weighted by Gasteiger charge is -2.57. The second kappa shape index (κ2) is 5.58. The highest BCUT2D eigenvalue weighted by atomic mass is 16.1. The van der Waals surface area contributed by atoms with Crippen molar-refractivity contribution in [3.8, 4) is 0 Å². The Kier molecular flexibility index (Phi) is 3.92. The third-order valence-electron chi connectivity index (χ3n) is 8.22. The Labute approximate surface area is 153 Å². The minimum Gasteiger partial charge on any atom is -0.330 e. The van der Waals surface area contributed by atoms with Gasteiger partial charge in [0, 0.05) is 29.1 Å². The number of fused-ring (bicyclic) bond motifs is 5. The van der Waals surface area contributed by atoms with Crippen LogP contribution in [0.3, 0.4) is 0 Å². The summed E-state index contributed by atoms with van der Waals surface area (Å²) in [5.74, 6) is 2.60. The Morgan fingerprint density at radius 2 is 1.88 bits per heavy atom. The summed E-state index contributed by atoms with van der Waals surface area (Å²) < 4.78 is 0. The fourth-order valence-corrected chi connectivity index (χ4v) is 6.95. The lowest BCUT2D eigenvalue weighted by molar-refractivity contribution is -0.125. The fraction of sp³-hybridized carbons (Fsp3) is 0.864. The number of piperidine rings is 1. The van der Waals surface area contributed by atoms with Gasteiger partial charge >= 0.3 is 0 Å². The average Bonchev–Trinajstić information content (AvgIpc) is 2.83. The highest BCUT2D eigenvalue weighted by molar-refractivity contribution is 5.79. The summed E-state index contributed by atoms with van der Waals surface area (Å²) in [5.41, 5.74) is 2.08. The van der Waals surface area contributed by atoms with Crippen molar-refractivity contribution < 1.29 is 4.79 Å². The van der Waals surface area contributed by atoms with Crippen molar-refractivity contribution in [3.63, 3.8) is 0 Å². The first-order valence-corrected chi connectivity index (χ1v) is 10.4. The van der Waals surface area contributed by atoms with Gasteiger partial charge in [0.1, 0.15) is 0 Å². The molecule has 6 atom stereocenters. The van der Waals surface area contributed by atoms with Crippen molar-refractivity contribution >= 4 is 5.91 Å². The molecular formula is C22H36N2O. The molecule has 0 radical (unpaired) electrons. The third-order valence-corrected chi connectivity index (χ3v) is 8.22. The van der Waals surface area contributed by atoms with E-state index in [0.717, 1.165) is 24.2 Å². The van der Waals surface area contributed by atoms with Crippen LogP contribution >= 0.6 is 0 Å². The van der Waals surface area contributed by atoms with Crippen molar-refractivity contribution in [1.29, 1.82) is 0 Å². The van der Waals surface area contributed by atoms with Crippen LogP contribution in [-0.4, -0.2) is 17.5 Å². The number of hydrogen-bond acceptors (Lipinski definition) is 2. The highest BCUT2D eigenvalue weighted by Crippen LogP contribution is 2.63. The molecule has 4 aliphatic rings. The molecule has 3 heteroatoms. The third kappa shape index (κ3) is 2.69. The van der Waals surface area contributed by atoms with Crippen molar-refractivity contribution in [1.82, 2.24) is 10.6 Å². The molecule has 25 heavy (non-hydrogen) atoms. The van der Waals surface area contributed by atoms with Gasteiger partial charge < -0.3 is 10.6 Å². The van der Waals surface area contributed by atoms with Gasteiger partial charge in [-0.2, -0.15) is 0 Å². The van der Waals surface area contributed by atoms with Crippen molar-refractivity contribution in [2.75, 3.05) is 0 Å². The number of allylic oxidation sites excluding steroid dienone is 2. The molecule has 0 spiro atoms. The number of amides is 1. The van der Waals surface area contributed by atoms with Gasteiger partial charge in [0.2, 0.25) is 5.91 Å². The zero-order valence-electron chi connectivity index (χ0n) is 16.7. The molecule has 1 unspecified atom stereocenters. The Bertz CT molecular complexity index is 604. The molecular weight excluding hydrogens is 308 g/mol. The van der Waals surface area contributed by atoms with Crippen LogP contribution in [0.1, 0.15) is 79.6 Å². The predicted octanol–water partition coefficient (Wildman–Crippen LogP) is 4.39. The standard InChI is InChI=1S/C22H36N2O/c1-20(2,3)24-18-9-7-15-14-6-8-17-21(4,13-11-19(25)23-17)16(14)10-12-22(15,18)5/h8,14-16,18,24H,6-7,9-13H2,1-5H3,(H,23,25)/t14-,15-,16+,18?,21+,22-/m0/s1. The number of carbonyl (C=O) groups excluding carboxylic acids is 1. The highest BCUT2D eigenvalue weighted by Gasteiger charge is 2.59. The van der Waals surface area contributed by atoms with E-state index in [1.807, 2.05) is 0 Å². The lowest BCUT2D eigenvalue weighted by Crippen LogP contribution is -2.56. The monoisotopic (exact) mass is 344 g/mol. The summed E-state index contributed by atoms with van der Waals surface area (Å²) in [4.78, 5) is 11.9. The Hall–Kier alpha value is -0.830. The summed E-state index contributed by atoms with van der Waals surface area (Å²) >= 11 is 0. The largest absolute Gasteiger partial charge is 0.330 e.